The Morgan fingerprint density at radius 3 is 2.71 bits per heavy atom. The molecule has 4 heteroatoms. The highest BCUT2D eigenvalue weighted by Crippen LogP contribution is 2.67. The molecule has 2 N–H and O–H groups in total. The zero-order valence-electron chi connectivity index (χ0n) is 22.4. The van der Waals surface area contributed by atoms with Gasteiger partial charge in [0.1, 0.15) is 0 Å². The summed E-state index contributed by atoms with van der Waals surface area (Å²) in [4.78, 5) is 23.5. The van der Waals surface area contributed by atoms with Crippen molar-refractivity contribution in [2.24, 2.45) is 46.3 Å². The van der Waals surface area contributed by atoms with Crippen molar-refractivity contribution in [1.29, 1.82) is 0 Å². The van der Waals surface area contributed by atoms with E-state index in [1.165, 1.54) is 5.57 Å². The molecule has 4 aliphatic rings. The summed E-state index contributed by atoms with van der Waals surface area (Å²) in [5.41, 5.74) is 1.36. The Morgan fingerprint density at radius 2 is 2.00 bits per heavy atom. The summed E-state index contributed by atoms with van der Waals surface area (Å²) in [7, 11) is 0. The Labute approximate surface area is 192 Å². The van der Waals surface area contributed by atoms with Gasteiger partial charge in [0, 0.05) is 10.5 Å². The number of carboxylic acids is 1. The predicted octanol–water partition coefficient (Wildman–Crippen LogP) is 5.63. The maximum atomic E-state index is 12.1. The maximum absolute atomic E-state index is 12.1. The van der Waals surface area contributed by atoms with Crippen molar-refractivity contribution in [3.63, 3.8) is 0 Å². The number of fused-ring (bicyclic) bond motifs is 5. The van der Waals surface area contributed by atoms with Crippen LogP contribution < -0.4 is 0 Å². The number of rotatable bonds is 6. The number of aliphatic carboxylic acids is 1. The number of carboxylic acid groups (broad SMARTS) is 1. The van der Waals surface area contributed by atoms with Gasteiger partial charge in [-0.25, -0.2) is 0 Å². The topological polar surface area (TPSA) is 74.6 Å². The Hall–Kier alpha value is -1.16. The average Bonchev–Trinajstić information content (AvgIpc) is 3.08. The van der Waals surface area contributed by atoms with E-state index in [0.29, 0.717) is 42.9 Å². The molecule has 174 valence electrons. The van der Waals surface area contributed by atoms with Crippen LogP contribution in [0.25, 0.3) is 0 Å². The van der Waals surface area contributed by atoms with Gasteiger partial charge in [-0.05, 0) is 91.4 Å². The molecule has 9 atom stereocenters. The van der Waals surface area contributed by atoms with Crippen LogP contribution in [-0.2, 0) is 9.59 Å². The highest BCUT2D eigenvalue weighted by Gasteiger charge is 2.61. The lowest BCUT2D eigenvalue weighted by molar-refractivity contribution is -0.141. The van der Waals surface area contributed by atoms with Crippen molar-refractivity contribution in [2.45, 2.75) is 97.9 Å². The molecule has 3 fully saturated rings. The Kier molecular flexibility index (Phi) is 5.18. The standard InChI is InChI=1S/C27H42O4/c1-16(6-5-7-17(2)25(30)31)20-8-9-21-24-22(11-13-27(20,21)4)26(3)12-10-19(28)14-18(26)15-23(24)29/h14,16-17,20-24,29H,5-13,15H2,1-4H3,(H,30,31)/t16-,17?,20-,21+,22+,23-,24+,26+,27-/m1/s1/i2D3. The Bertz CT molecular complexity index is 851. The second-order valence-corrected chi connectivity index (χ2v) is 11.6. The van der Waals surface area contributed by atoms with Gasteiger partial charge in [-0.1, -0.05) is 46.0 Å². The lowest BCUT2D eigenvalue weighted by Gasteiger charge is -2.60. The normalized spacial score (nSPS) is 45.8. The van der Waals surface area contributed by atoms with Crippen LogP contribution in [0, 0.1) is 46.3 Å². The van der Waals surface area contributed by atoms with Crippen molar-refractivity contribution in [2.75, 3.05) is 0 Å². The van der Waals surface area contributed by atoms with Gasteiger partial charge in [0.05, 0.1) is 12.0 Å². The van der Waals surface area contributed by atoms with Gasteiger partial charge in [0.2, 0.25) is 0 Å². The van der Waals surface area contributed by atoms with Gasteiger partial charge in [-0.15, -0.1) is 0 Å². The minimum Gasteiger partial charge on any atom is -0.481 e. The molecule has 0 bridgehead atoms. The SMILES string of the molecule is [2H]C([2H])([2H])C(CCC[C@@H](C)[C@H]1CC[C@H]2[C@@H]3[C@H](O)CC4=CC(=O)CC[C@]4(C)[C@H]3CC[C@]12C)C(=O)O. The highest BCUT2D eigenvalue weighted by atomic mass is 16.4. The van der Waals surface area contributed by atoms with E-state index >= 15 is 0 Å². The number of aliphatic hydroxyl groups excluding tert-OH is 1. The third kappa shape index (κ3) is 3.81. The second kappa shape index (κ2) is 8.32. The summed E-state index contributed by atoms with van der Waals surface area (Å²) < 4.78 is 22.6. The van der Waals surface area contributed by atoms with Gasteiger partial charge in [-0.3, -0.25) is 9.59 Å². The molecule has 31 heavy (non-hydrogen) atoms. The fourth-order valence-corrected chi connectivity index (χ4v) is 8.47. The first kappa shape index (κ1) is 19.3. The number of ketones is 1. The Morgan fingerprint density at radius 1 is 1.23 bits per heavy atom. The first-order chi connectivity index (χ1) is 15.8. The summed E-state index contributed by atoms with van der Waals surface area (Å²) in [5, 5.41) is 20.6. The van der Waals surface area contributed by atoms with Crippen LogP contribution >= 0.6 is 0 Å². The molecule has 0 spiro atoms. The van der Waals surface area contributed by atoms with Crippen LogP contribution in [0.2, 0.25) is 0 Å². The van der Waals surface area contributed by atoms with E-state index in [4.69, 9.17) is 4.11 Å². The number of carbonyl (C=O) groups is 2. The molecule has 0 aromatic rings. The van der Waals surface area contributed by atoms with Crippen molar-refractivity contribution in [3.05, 3.63) is 11.6 Å². The quantitative estimate of drug-likeness (QED) is 0.569. The zero-order valence-corrected chi connectivity index (χ0v) is 19.4. The fraction of sp³-hybridized carbons (Fsp3) is 0.852. The third-order valence-corrected chi connectivity index (χ3v) is 10.2. The van der Waals surface area contributed by atoms with Gasteiger partial charge in [-0.2, -0.15) is 0 Å². The molecule has 4 rings (SSSR count). The van der Waals surface area contributed by atoms with Gasteiger partial charge in [0.25, 0.3) is 0 Å². The van der Waals surface area contributed by atoms with E-state index in [1.807, 2.05) is 6.08 Å². The van der Waals surface area contributed by atoms with Crippen molar-refractivity contribution >= 4 is 11.8 Å². The lowest BCUT2D eigenvalue weighted by atomic mass is 9.45. The first-order valence-electron chi connectivity index (χ1n) is 13.9. The summed E-state index contributed by atoms with van der Waals surface area (Å²) >= 11 is 0. The molecule has 0 radical (unpaired) electrons. The van der Waals surface area contributed by atoms with E-state index in [-0.39, 0.29) is 35.1 Å². The molecular weight excluding hydrogens is 388 g/mol. The number of carbonyl (C=O) groups excluding carboxylic acids is 1. The summed E-state index contributed by atoms with van der Waals surface area (Å²) in [5.74, 6) is -0.218. The van der Waals surface area contributed by atoms with E-state index in [1.54, 1.807) is 0 Å². The molecule has 0 amide bonds. The van der Waals surface area contributed by atoms with Crippen LogP contribution in [0.15, 0.2) is 11.6 Å². The third-order valence-electron chi connectivity index (χ3n) is 10.2. The number of hydrogen-bond donors (Lipinski definition) is 2. The maximum Gasteiger partial charge on any atom is 0.306 e. The van der Waals surface area contributed by atoms with Crippen molar-refractivity contribution in [1.82, 2.24) is 0 Å². The Balaban J connectivity index is 1.46. The molecule has 4 aliphatic carbocycles. The van der Waals surface area contributed by atoms with E-state index in [9.17, 15) is 19.8 Å². The summed E-state index contributed by atoms with van der Waals surface area (Å²) in [6, 6.07) is 0. The van der Waals surface area contributed by atoms with Crippen LogP contribution in [0.4, 0.5) is 0 Å². The van der Waals surface area contributed by atoms with Crippen LogP contribution in [0.5, 0.6) is 0 Å². The molecular formula is C27H42O4. The molecule has 0 aliphatic heterocycles. The highest BCUT2D eigenvalue weighted by molar-refractivity contribution is 5.91. The lowest BCUT2D eigenvalue weighted by Crippen LogP contribution is -2.55. The van der Waals surface area contributed by atoms with Gasteiger partial charge < -0.3 is 10.2 Å². The van der Waals surface area contributed by atoms with Crippen LogP contribution in [0.3, 0.4) is 0 Å². The van der Waals surface area contributed by atoms with E-state index in [2.05, 4.69) is 20.8 Å². The molecule has 0 aromatic heterocycles. The fourth-order valence-electron chi connectivity index (χ4n) is 8.47. The summed E-state index contributed by atoms with van der Waals surface area (Å²) in [6.07, 6.45) is 9.70. The number of hydrogen-bond acceptors (Lipinski definition) is 3. The zero-order chi connectivity index (χ0) is 25.1. The smallest absolute Gasteiger partial charge is 0.306 e. The minimum absolute atomic E-state index is 0.0317. The second-order valence-electron chi connectivity index (χ2n) is 11.6. The molecule has 3 saturated carbocycles. The van der Waals surface area contributed by atoms with Crippen molar-refractivity contribution in [3.8, 4) is 0 Å². The molecule has 0 saturated heterocycles. The van der Waals surface area contributed by atoms with E-state index in [0.717, 1.165) is 38.5 Å². The largest absolute Gasteiger partial charge is 0.481 e. The molecule has 4 nitrogen and oxygen atoms in total. The van der Waals surface area contributed by atoms with Gasteiger partial charge >= 0.3 is 5.97 Å². The van der Waals surface area contributed by atoms with Crippen molar-refractivity contribution < 1.29 is 23.9 Å². The number of aliphatic hydroxyl groups is 1. The van der Waals surface area contributed by atoms with Crippen LogP contribution in [0.1, 0.15) is 95.9 Å². The monoisotopic (exact) mass is 433 g/mol. The molecule has 0 heterocycles. The summed E-state index contributed by atoms with van der Waals surface area (Å²) in [6.45, 7) is 4.54. The minimum atomic E-state index is -2.46. The predicted molar refractivity (Wildman–Crippen MR) is 121 cm³/mol. The first-order valence-corrected chi connectivity index (χ1v) is 12.4. The van der Waals surface area contributed by atoms with Gasteiger partial charge in [0.15, 0.2) is 5.78 Å². The molecule has 0 aromatic carbocycles. The molecule has 1 unspecified atom stereocenters. The van der Waals surface area contributed by atoms with E-state index < -0.39 is 18.7 Å². The van der Waals surface area contributed by atoms with Crippen LogP contribution in [-0.4, -0.2) is 28.1 Å². The average molecular weight is 434 g/mol.